The van der Waals surface area contributed by atoms with Crippen molar-refractivity contribution < 1.29 is 4.79 Å². The third kappa shape index (κ3) is 2.08. The third-order valence-corrected chi connectivity index (χ3v) is 3.68. The van der Waals surface area contributed by atoms with E-state index >= 15 is 0 Å². The summed E-state index contributed by atoms with van der Waals surface area (Å²) in [5.41, 5.74) is 1.62. The van der Waals surface area contributed by atoms with E-state index in [1.807, 2.05) is 42.2 Å². The van der Waals surface area contributed by atoms with Crippen LogP contribution in [0.5, 0.6) is 0 Å². The Morgan fingerprint density at radius 1 is 1.37 bits per heavy atom. The van der Waals surface area contributed by atoms with E-state index in [1.54, 1.807) is 6.20 Å². The maximum Gasteiger partial charge on any atom is 0.254 e. The summed E-state index contributed by atoms with van der Waals surface area (Å²) in [6.45, 7) is 4.55. The Kier molecular flexibility index (Phi) is 3.17. The fourth-order valence-corrected chi connectivity index (χ4v) is 2.50. The van der Waals surface area contributed by atoms with Gasteiger partial charge in [-0.25, -0.2) is 0 Å². The van der Waals surface area contributed by atoms with Crippen LogP contribution in [0, 0.1) is 0 Å². The summed E-state index contributed by atoms with van der Waals surface area (Å²) in [4.78, 5) is 18.9. The average molecular weight is 255 g/mol. The zero-order valence-corrected chi connectivity index (χ0v) is 11.0. The molecule has 0 unspecified atom stereocenters. The number of carbonyl (C=O) groups excluding carboxylic acids is 1. The van der Waals surface area contributed by atoms with Crippen molar-refractivity contribution in [1.82, 2.24) is 15.2 Å². The molecule has 1 N–H and O–H groups in total. The minimum atomic E-state index is 0.104. The summed E-state index contributed by atoms with van der Waals surface area (Å²) in [6, 6.07) is 9.93. The van der Waals surface area contributed by atoms with E-state index in [0.717, 1.165) is 36.1 Å². The van der Waals surface area contributed by atoms with E-state index in [1.165, 1.54) is 0 Å². The van der Waals surface area contributed by atoms with Crippen LogP contribution in [0.15, 0.2) is 36.5 Å². The number of nitrogens with zero attached hydrogens (tertiary/aromatic N) is 2. The minimum Gasteiger partial charge on any atom is -0.333 e. The second-order valence-electron chi connectivity index (χ2n) is 4.78. The number of benzene rings is 1. The van der Waals surface area contributed by atoms with Gasteiger partial charge in [0.1, 0.15) is 0 Å². The zero-order chi connectivity index (χ0) is 13.2. The molecule has 19 heavy (non-hydrogen) atoms. The van der Waals surface area contributed by atoms with Gasteiger partial charge in [-0.05, 0) is 19.1 Å². The number of rotatable bonds is 3. The third-order valence-electron chi connectivity index (χ3n) is 3.68. The lowest BCUT2D eigenvalue weighted by molar-refractivity contribution is 0.0632. The van der Waals surface area contributed by atoms with Crippen LogP contribution in [0.1, 0.15) is 17.3 Å². The lowest BCUT2D eigenvalue weighted by Gasteiger charge is -2.37. The molecule has 0 spiro atoms. The molecule has 2 aromatic rings. The molecule has 1 amide bonds. The molecule has 2 heterocycles. The van der Waals surface area contributed by atoms with Crippen molar-refractivity contribution >= 4 is 16.8 Å². The topological polar surface area (TPSA) is 45.2 Å². The fraction of sp³-hybridized carbons (Fsp3) is 0.333. The smallest absolute Gasteiger partial charge is 0.254 e. The van der Waals surface area contributed by atoms with Crippen molar-refractivity contribution in [3.8, 4) is 0 Å². The first kappa shape index (κ1) is 12.1. The highest BCUT2D eigenvalue weighted by molar-refractivity contribution is 6.06. The van der Waals surface area contributed by atoms with Crippen LogP contribution in [-0.2, 0) is 0 Å². The van der Waals surface area contributed by atoms with E-state index in [0.29, 0.717) is 6.04 Å². The molecular formula is C15H17N3O. The molecule has 1 aromatic carbocycles. The lowest BCUT2D eigenvalue weighted by atomic mass is 10.1. The first-order valence-corrected chi connectivity index (χ1v) is 6.66. The van der Waals surface area contributed by atoms with Gasteiger partial charge in [0.15, 0.2) is 0 Å². The molecule has 1 aliphatic heterocycles. The number of pyridine rings is 1. The van der Waals surface area contributed by atoms with Gasteiger partial charge in [0.05, 0.1) is 17.1 Å². The SMILES string of the molecule is CCN(C(=O)c1ccnc2ccccc12)C1CNC1. The molecule has 1 saturated heterocycles. The molecule has 1 fully saturated rings. The van der Waals surface area contributed by atoms with Gasteiger partial charge < -0.3 is 10.2 Å². The van der Waals surface area contributed by atoms with Crippen molar-refractivity contribution in [2.75, 3.05) is 19.6 Å². The Balaban J connectivity index is 2.00. The van der Waals surface area contributed by atoms with Gasteiger partial charge in [-0.3, -0.25) is 9.78 Å². The maximum atomic E-state index is 12.7. The van der Waals surface area contributed by atoms with Gasteiger partial charge >= 0.3 is 0 Å². The van der Waals surface area contributed by atoms with Crippen molar-refractivity contribution in [3.05, 3.63) is 42.1 Å². The number of likely N-dealkylation sites (N-methyl/N-ethyl adjacent to an activating group) is 1. The quantitative estimate of drug-likeness (QED) is 0.907. The monoisotopic (exact) mass is 255 g/mol. The van der Waals surface area contributed by atoms with Gasteiger partial charge in [0.2, 0.25) is 0 Å². The van der Waals surface area contributed by atoms with Gasteiger partial charge in [0.25, 0.3) is 5.91 Å². The van der Waals surface area contributed by atoms with Crippen molar-refractivity contribution in [3.63, 3.8) is 0 Å². The van der Waals surface area contributed by atoms with Crippen molar-refractivity contribution in [2.45, 2.75) is 13.0 Å². The fourth-order valence-electron chi connectivity index (χ4n) is 2.50. The van der Waals surface area contributed by atoms with Crippen LogP contribution < -0.4 is 5.32 Å². The molecule has 1 aromatic heterocycles. The van der Waals surface area contributed by atoms with Gasteiger partial charge in [-0.2, -0.15) is 0 Å². The van der Waals surface area contributed by atoms with Crippen LogP contribution in [0.25, 0.3) is 10.9 Å². The number of nitrogens with one attached hydrogen (secondary N) is 1. The first-order chi connectivity index (χ1) is 9.31. The molecular weight excluding hydrogens is 238 g/mol. The van der Waals surface area contributed by atoms with Gasteiger partial charge in [0, 0.05) is 31.2 Å². The average Bonchev–Trinajstić information content (AvgIpc) is 2.41. The molecule has 4 heteroatoms. The van der Waals surface area contributed by atoms with Gasteiger partial charge in [-0.1, -0.05) is 18.2 Å². The second-order valence-corrected chi connectivity index (χ2v) is 4.78. The number of hydrogen-bond acceptors (Lipinski definition) is 3. The number of fused-ring (bicyclic) bond motifs is 1. The standard InChI is InChI=1S/C15H17N3O/c1-2-18(11-9-16-10-11)15(19)13-7-8-17-14-6-4-3-5-12(13)14/h3-8,11,16H,2,9-10H2,1H3. The van der Waals surface area contributed by atoms with E-state index in [-0.39, 0.29) is 5.91 Å². The Bertz CT molecular complexity index is 602. The Labute approximate surface area is 112 Å². The Morgan fingerprint density at radius 2 is 2.16 bits per heavy atom. The summed E-state index contributed by atoms with van der Waals surface area (Å²) < 4.78 is 0. The molecule has 98 valence electrons. The molecule has 4 nitrogen and oxygen atoms in total. The number of carbonyl (C=O) groups is 1. The molecule has 0 bridgehead atoms. The van der Waals surface area contributed by atoms with Gasteiger partial charge in [-0.15, -0.1) is 0 Å². The van der Waals surface area contributed by atoms with Crippen LogP contribution in [0.2, 0.25) is 0 Å². The van der Waals surface area contributed by atoms with E-state index in [2.05, 4.69) is 10.3 Å². The normalized spacial score (nSPS) is 15.2. The van der Waals surface area contributed by atoms with Crippen LogP contribution in [0.4, 0.5) is 0 Å². The second kappa shape index (κ2) is 4.97. The van der Waals surface area contributed by atoms with Crippen LogP contribution >= 0.6 is 0 Å². The van der Waals surface area contributed by atoms with Crippen LogP contribution in [0.3, 0.4) is 0 Å². The Hall–Kier alpha value is -1.94. The number of amides is 1. The highest BCUT2D eigenvalue weighted by Gasteiger charge is 2.28. The molecule has 0 aliphatic carbocycles. The van der Waals surface area contributed by atoms with Crippen LogP contribution in [-0.4, -0.2) is 41.5 Å². The highest BCUT2D eigenvalue weighted by atomic mass is 16.2. The molecule has 0 saturated carbocycles. The zero-order valence-electron chi connectivity index (χ0n) is 11.0. The summed E-state index contributed by atoms with van der Waals surface area (Å²) in [5, 5.41) is 4.14. The van der Waals surface area contributed by atoms with E-state index < -0.39 is 0 Å². The van der Waals surface area contributed by atoms with Crippen molar-refractivity contribution in [1.29, 1.82) is 0 Å². The lowest BCUT2D eigenvalue weighted by Crippen LogP contribution is -2.58. The van der Waals surface area contributed by atoms with E-state index in [4.69, 9.17) is 0 Å². The highest BCUT2D eigenvalue weighted by Crippen LogP contribution is 2.19. The predicted molar refractivity (Wildman–Crippen MR) is 75.1 cm³/mol. The Morgan fingerprint density at radius 3 is 2.84 bits per heavy atom. The first-order valence-electron chi connectivity index (χ1n) is 6.66. The number of aromatic nitrogens is 1. The number of hydrogen-bond donors (Lipinski definition) is 1. The van der Waals surface area contributed by atoms with E-state index in [9.17, 15) is 4.79 Å². The minimum absolute atomic E-state index is 0.104. The summed E-state index contributed by atoms with van der Waals surface area (Å²) in [6.07, 6.45) is 1.71. The molecule has 3 rings (SSSR count). The molecule has 0 atom stereocenters. The summed E-state index contributed by atoms with van der Waals surface area (Å²) in [5.74, 6) is 0.104. The maximum absolute atomic E-state index is 12.7. The predicted octanol–water partition coefficient (Wildman–Crippen LogP) is 1.67. The molecule has 1 aliphatic rings. The molecule has 0 radical (unpaired) electrons. The summed E-state index contributed by atoms with van der Waals surface area (Å²) >= 11 is 0. The van der Waals surface area contributed by atoms with Crippen molar-refractivity contribution in [2.24, 2.45) is 0 Å². The number of para-hydroxylation sites is 1. The largest absolute Gasteiger partial charge is 0.333 e. The summed E-state index contributed by atoms with van der Waals surface area (Å²) in [7, 11) is 0.